The Kier molecular flexibility index (Phi) is 5.14. The number of rotatable bonds is 4. The van der Waals surface area contributed by atoms with Crippen LogP contribution in [0.5, 0.6) is 5.75 Å². The third-order valence-electron chi connectivity index (χ3n) is 3.24. The van der Waals surface area contributed by atoms with Crippen molar-refractivity contribution in [2.75, 3.05) is 0 Å². The van der Waals surface area contributed by atoms with Crippen LogP contribution in [0, 0.1) is 0 Å². The van der Waals surface area contributed by atoms with Crippen molar-refractivity contribution in [1.29, 1.82) is 0 Å². The maximum Gasteiger partial charge on any atom is 0.269 e. The van der Waals surface area contributed by atoms with Gasteiger partial charge in [-0.1, -0.05) is 31.2 Å². The molecule has 5 heteroatoms. The van der Waals surface area contributed by atoms with Crippen LogP contribution in [0.2, 0.25) is 0 Å². The maximum absolute atomic E-state index is 11.9. The van der Waals surface area contributed by atoms with Crippen molar-refractivity contribution in [2.45, 2.75) is 19.8 Å². The summed E-state index contributed by atoms with van der Waals surface area (Å²) in [5.41, 5.74) is 7.13. The van der Waals surface area contributed by atoms with Gasteiger partial charge in [-0.05, 0) is 41.8 Å². The number of carbonyl (C=O) groups is 2. The number of benzene rings is 2. The van der Waals surface area contributed by atoms with Crippen LogP contribution in [0.25, 0.3) is 0 Å². The molecule has 0 aliphatic heterocycles. The second-order valence-electron chi connectivity index (χ2n) is 4.90. The Morgan fingerprint density at radius 2 is 1.50 bits per heavy atom. The summed E-state index contributed by atoms with van der Waals surface area (Å²) in [7, 11) is 0. The lowest BCUT2D eigenvalue weighted by molar-refractivity contribution is -0.121. The van der Waals surface area contributed by atoms with E-state index in [0.29, 0.717) is 5.56 Å². The predicted octanol–water partition coefficient (Wildman–Crippen LogP) is 1.96. The van der Waals surface area contributed by atoms with E-state index in [1.54, 1.807) is 24.3 Å². The molecule has 22 heavy (non-hydrogen) atoms. The molecule has 0 saturated heterocycles. The molecule has 0 unspecified atom stereocenters. The summed E-state index contributed by atoms with van der Waals surface area (Å²) >= 11 is 0. The number of phenolic OH excluding ortho intramolecular Hbond substituents is 1. The number of carbonyl (C=O) groups excluding carboxylic acids is 2. The van der Waals surface area contributed by atoms with Crippen molar-refractivity contribution < 1.29 is 14.7 Å². The normalized spacial score (nSPS) is 10.0. The SMILES string of the molecule is CCc1ccc(C(=O)NNC(=O)Cc2ccc(O)cc2)cc1. The summed E-state index contributed by atoms with van der Waals surface area (Å²) in [4.78, 5) is 23.6. The van der Waals surface area contributed by atoms with Gasteiger partial charge < -0.3 is 5.11 Å². The molecule has 0 bridgehead atoms. The molecule has 0 aliphatic carbocycles. The molecule has 0 heterocycles. The summed E-state index contributed by atoms with van der Waals surface area (Å²) in [6, 6.07) is 13.5. The molecule has 0 atom stereocenters. The third kappa shape index (κ3) is 4.34. The topological polar surface area (TPSA) is 78.4 Å². The molecule has 0 fully saturated rings. The number of hydrazine groups is 1. The molecule has 2 aromatic rings. The van der Waals surface area contributed by atoms with E-state index in [0.717, 1.165) is 17.5 Å². The first-order chi connectivity index (χ1) is 10.6. The first kappa shape index (κ1) is 15.6. The average Bonchev–Trinajstić information content (AvgIpc) is 2.55. The van der Waals surface area contributed by atoms with Gasteiger partial charge in [0.05, 0.1) is 6.42 Å². The van der Waals surface area contributed by atoms with Gasteiger partial charge in [0.25, 0.3) is 5.91 Å². The van der Waals surface area contributed by atoms with E-state index in [1.165, 1.54) is 12.1 Å². The first-order valence-corrected chi connectivity index (χ1v) is 7.04. The van der Waals surface area contributed by atoms with Crippen molar-refractivity contribution >= 4 is 11.8 Å². The highest BCUT2D eigenvalue weighted by Crippen LogP contribution is 2.09. The quantitative estimate of drug-likeness (QED) is 0.755. The molecule has 2 aromatic carbocycles. The van der Waals surface area contributed by atoms with E-state index in [4.69, 9.17) is 0 Å². The minimum Gasteiger partial charge on any atom is -0.508 e. The van der Waals surface area contributed by atoms with Gasteiger partial charge in [0.1, 0.15) is 5.75 Å². The number of hydrogen-bond acceptors (Lipinski definition) is 3. The van der Waals surface area contributed by atoms with Gasteiger partial charge in [-0.2, -0.15) is 0 Å². The molecule has 0 radical (unpaired) electrons. The highest BCUT2D eigenvalue weighted by Gasteiger charge is 2.08. The van der Waals surface area contributed by atoms with E-state index in [2.05, 4.69) is 10.9 Å². The summed E-state index contributed by atoms with van der Waals surface area (Å²) < 4.78 is 0. The minimum absolute atomic E-state index is 0.120. The Bertz CT molecular complexity index is 649. The van der Waals surface area contributed by atoms with Crippen molar-refractivity contribution in [2.24, 2.45) is 0 Å². The lowest BCUT2D eigenvalue weighted by Crippen LogP contribution is -2.42. The fourth-order valence-electron chi connectivity index (χ4n) is 1.93. The molecule has 2 rings (SSSR count). The molecule has 0 saturated carbocycles. The summed E-state index contributed by atoms with van der Waals surface area (Å²) in [5.74, 6) is -0.543. The van der Waals surface area contributed by atoms with Crippen LogP contribution in [0.1, 0.15) is 28.4 Å². The zero-order valence-electron chi connectivity index (χ0n) is 12.3. The van der Waals surface area contributed by atoms with Crippen LogP contribution >= 0.6 is 0 Å². The van der Waals surface area contributed by atoms with Gasteiger partial charge in [-0.25, -0.2) is 0 Å². The molecule has 0 spiro atoms. The molecule has 0 aromatic heterocycles. The van der Waals surface area contributed by atoms with Crippen LogP contribution in [0.3, 0.4) is 0 Å². The summed E-state index contributed by atoms with van der Waals surface area (Å²) in [6.45, 7) is 2.04. The minimum atomic E-state index is -0.360. The molecule has 2 amide bonds. The number of phenols is 1. The molecular weight excluding hydrogens is 280 g/mol. The number of amides is 2. The van der Waals surface area contributed by atoms with Crippen molar-refractivity contribution in [1.82, 2.24) is 10.9 Å². The Morgan fingerprint density at radius 1 is 0.909 bits per heavy atom. The lowest BCUT2D eigenvalue weighted by atomic mass is 10.1. The lowest BCUT2D eigenvalue weighted by Gasteiger charge is -2.08. The van der Waals surface area contributed by atoms with Crippen molar-refractivity contribution in [3.05, 3.63) is 65.2 Å². The maximum atomic E-state index is 11.9. The summed E-state index contributed by atoms with van der Waals surface area (Å²) in [6.07, 6.45) is 1.03. The highest BCUT2D eigenvalue weighted by molar-refractivity contribution is 5.95. The van der Waals surface area contributed by atoms with Crippen molar-refractivity contribution in [3.63, 3.8) is 0 Å². The first-order valence-electron chi connectivity index (χ1n) is 7.04. The molecular formula is C17H18N2O3. The van der Waals surface area contributed by atoms with Crippen molar-refractivity contribution in [3.8, 4) is 5.75 Å². The van der Waals surface area contributed by atoms with E-state index < -0.39 is 0 Å². The van der Waals surface area contributed by atoms with Gasteiger partial charge in [0.15, 0.2) is 0 Å². The smallest absolute Gasteiger partial charge is 0.269 e. The van der Waals surface area contributed by atoms with Gasteiger partial charge in [0, 0.05) is 5.56 Å². The van der Waals surface area contributed by atoms with E-state index >= 15 is 0 Å². The van der Waals surface area contributed by atoms with Gasteiger partial charge in [0.2, 0.25) is 5.91 Å². The van der Waals surface area contributed by atoms with Crippen LogP contribution in [-0.2, 0) is 17.6 Å². The monoisotopic (exact) mass is 298 g/mol. The van der Waals surface area contributed by atoms with Gasteiger partial charge in [-0.3, -0.25) is 20.4 Å². The van der Waals surface area contributed by atoms with Crippen LogP contribution in [-0.4, -0.2) is 16.9 Å². The largest absolute Gasteiger partial charge is 0.508 e. The zero-order valence-corrected chi connectivity index (χ0v) is 12.3. The fraction of sp³-hybridized carbons (Fsp3) is 0.176. The van der Waals surface area contributed by atoms with Crippen LogP contribution in [0.15, 0.2) is 48.5 Å². The zero-order chi connectivity index (χ0) is 15.9. The van der Waals surface area contributed by atoms with E-state index in [-0.39, 0.29) is 24.0 Å². The van der Waals surface area contributed by atoms with E-state index in [1.807, 2.05) is 19.1 Å². The third-order valence-corrected chi connectivity index (χ3v) is 3.24. The number of aryl methyl sites for hydroxylation is 1. The second-order valence-corrected chi connectivity index (χ2v) is 4.90. The highest BCUT2D eigenvalue weighted by atomic mass is 16.3. The Morgan fingerprint density at radius 3 is 2.09 bits per heavy atom. The summed E-state index contributed by atoms with van der Waals surface area (Å²) in [5, 5.41) is 9.17. The van der Waals surface area contributed by atoms with Gasteiger partial charge >= 0.3 is 0 Å². The fourth-order valence-corrected chi connectivity index (χ4v) is 1.93. The second kappa shape index (κ2) is 7.26. The van der Waals surface area contributed by atoms with Gasteiger partial charge in [-0.15, -0.1) is 0 Å². The average molecular weight is 298 g/mol. The molecule has 114 valence electrons. The molecule has 3 N–H and O–H groups in total. The number of nitrogens with one attached hydrogen (secondary N) is 2. The predicted molar refractivity (Wildman–Crippen MR) is 83.2 cm³/mol. The Labute approximate surface area is 129 Å². The van der Waals surface area contributed by atoms with Crippen LogP contribution in [0.4, 0.5) is 0 Å². The Hall–Kier alpha value is -2.82. The van der Waals surface area contributed by atoms with Crippen LogP contribution < -0.4 is 10.9 Å². The number of hydrogen-bond donors (Lipinski definition) is 3. The van der Waals surface area contributed by atoms with E-state index in [9.17, 15) is 14.7 Å². The standard InChI is InChI=1S/C17H18N2O3/c1-2-12-3-7-14(8-4-12)17(22)19-18-16(21)11-13-5-9-15(20)10-6-13/h3-10,20H,2,11H2,1H3,(H,18,21)(H,19,22). The Balaban J connectivity index is 1.84. The molecule has 5 nitrogen and oxygen atoms in total. The number of aromatic hydroxyl groups is 1. The molecule has 0 aliphatic rings.